The average molecular weight is 557 g/mol. The summed E-state index contributed by atoms with van der Waals surface area (Å²) in [5.74, 6) is -0.250. The second-order valence-electron chi connectivity index (χ2n) is 8.78. The number of nitrogens with zero attached hydrogens (tertiary/aromatic N) is 7. The first-order valence-corrected chi connectivity index (χ1v) is 12.4. The zero-order chi connectivity index (χ0) is 27.0. The number of carbonyl (C=O) groups excluding carboxylic acids is 1. The normalized spacial score (nSPS) is 19.1. The van der Waals surface area contributed by atoms with E-state index in [1.165, 1.54) is 23.4 Å². The molecule has 1 N–H and O–H groups in total. The van der Waals surface area contributed by atoms with Gasteiger partial charge in [-0.15, -0.1) is 16.1 Å². The molecule has 1 fully saturated rings. The van der Waals surface area contributed by atoms with E-state index in [1.54, 1.807) is 10.6 Å². The minimum absolute atomic E-state index is 0.0824. The summed E-state index contributed by atoms with van der Waals surface area (Å²) >= 11 is 0.614. The number of ether oxygens (including phenoxy) is 1. The Hall–Kier alpha value is -3.69. The molecule has 202 valence electrons. The van der Waals surface area contributed by atoms with Crippen molar-refractivity contribution >= 4 is 28.3 Å². The van der Waals surface area contributed by atoms with Gasteiger partial charge < -0.3 is 10.1 Å². The second-order valence-corrected chi connectivity index (χ2v) is 9.84. The number of hydrogen-bond acceptors (Lipinski definition) is 8. The van der Waals surface area contributed by atoms with Gasteiger partial charge in [-0.1, -0.05) is 0 Å². The van der Waals surface area contributed by atoms with Gasteiger partial charge in [0.05, 0.1) is 29.0 Å². The molecule has 0 aromatic carbocycles. The first-order chi connectivity index (χ1) is 18.1. The van der Waals surface area contributed by atoms with E-state index in [-0.39, 0.29) is 28.0 Å². The standard InChI is InChI=1S/C22H21F5N8O2S/c1-11(22(25,26)27)37-21-33-14-9-28-17(35-30-5-6-31-35)8-15(14)34(21)13-4-2-3-12(7-13)32-19(36)20-29-10-16(38-20)18(23)24/h5-6,8-13,18H,2-4,7H2,1H3,(H,32,36)/t11?,12-,13+/m0/s1. The van der Waals surface area contributed by atoms with Crippen LogP contribution in [-0.2, 0) is 0 Å². The van der Waals surface area contributed by atoms with Gasteiger partial charge in [-0.3, -0.25) is 9.36 Å². The zero-order valence-corrected chi connectivity index (χ0v) is 20.6. The number of alkyl halides is 5. The van der Waals surface area contributed by atoms with Crippen molar-refractivity contribution in [2.45, 2.75) is 63.4 Å². The fraction of sp³-hybridized carbons (Fsp3) is 0.455. The van der Waals surface area contributed by atoms with Crippen LogP contribution in [0.5, 0.6) is 6.01 Å². The van der Waals surface area contributed by atoms with E-state index in [2.05, 4.69) is 30.5 Å². The maximum Gasteiger partial charge on any atom is 0.425 e. The average Bonchev–Trinajstić information content (AvgIpc) is 3.63. The van der Waals surface area contributed by atoms with Crippen LogP contribution in [0.15, 0.2) is 30.9 Å². The third-order valence-corrected chi connectivity index (χ3v) is 7.18. The largest absolute Gasteiger partial charge is 0.452 e. The molecule has 1 amide bonds. The van der Waals surface area contributed by atoms with Gasteiger partial charge in [-0.2, -0.15) is 28.4 Å². The quantitative estimate of drug-likeness (QED) is 0.330. The van der Waals surface area contributed by atoms with E-state index in [9.17, 15) is 26.7 Å². The van der Waals surface area contributed by atoms with E-state index in [1.807, 2.05) is 0 Å². The van der Waals surface area contributed by atoms with Crippen LogP contribution in [0.3, 0.4) is 0 Å². The number of rotatable bonds is 7. The predicted molar refractivity (Wildman–Crippen MR) is 124 cm³/mol. The van der Waals surface area contributed by atoms with Crippen LogP contribution in [-0.4, -0.2) is 58.7 Å². The highest BCUT2D eigenvalue weighted by molar-refractivity contribution is 7.13. The molecule has 16 heteroatoms. The Morgan fingerprint density at radius 3 is 2.63 bits per heavy atom. The molecule has 4 aromatic rings. The monoisotopic (exact) mass is 556 g/mol. The lowest BCUT2D eigenvalue weighted by Crippen LogP contribution is -2.39. The van der Waals surface area contributed by atoms with Gasteiger partial charge in [-0.05, 0) is 32.6 Å². The molecule has 4 aromatic heterocycles. The van der Waals surface area contributed by atoms with Gasteiger partial charge in [0.2, 0.25) is 0 Å². The molecular formula is C22H21F5N8O2S. The van der Waals surface area contributed by atoms with E-state index in [0.717, 1.165) is 13.1 Å². The van der Waals surface area contributed by atoms with Crippen molar-refractivity contribution in [3.63, 3.8) is 0 Å². The van der Waals surface area contributed by atoms with Gasteiger partial charge in [0.1, 0.15) is 5.52 Å². The smallest absolute Gasteiger partial charge is 0.425 e. The number of fused-ring (bicyclic) bond motifs is 1. The van der Waals surface area contributed by atoms with E-state index in [4.69, 9.17) is 4.74 Å². The highest BCUT2D eigenvalue weighted by Crippen LogP contribution is 2.37. The third kappa shape index (κ3) is 5.30. The Kier molecular flexibility index (Phi) is 6.98. The minimum atomic E-state index is -4.61. The molecule has 0 bridgehead atoms. The molecule has 0 saturated heterocycles. The molecule has 1 unspecified atom stereocenters. The fourth-order valence-corrected chi connectivity index (χ4v) is 5.01. The molecule has 1 saturated carbocycles. The van der Waals surface area contributed by atoms with Crippen LogP contribution in [0.1, 0.15) is 59.8 Å². The Labute approximate surface area is 215 Å². The van der Waals surface area contributed by atoms with Gasteiger partial charge in [0.15, 0.2) is 16.9 Å². The lowest BCUT2D eigenvalue weighted by atomic mass is 9.90. The molecule has 1 aliphatic carbocycles. The highest BCUT2D eigenvalue weighted by Gasteiger charge is 2.40. The molecule has 3 atom stereocenters. The number of imidazole rings is 1. The Morgan fingerprint density at radius 2 is 1.95 bits per heavy atom. The van der Waals surface area contributed by atoms with Crippen LogP contribution in [0.4, 0.5) is 22.0 Å². The van der Waals surface area contributed by atoms with Gasteiger partial charge in [-0.25, -0.2) is 18.7 Å². The molecule has 38 heavy (non-hydrogen) atoms. The number of thiazole rings is 1. The van der Waals surface area contributed by atoms with Crippen molar-refractivity contribution in [1.29, 1.82) is 0 Å². The Bertz CT molecular complexity index is 1420. The molecule has 0 aliphatic heterocycles. The predicted octanol–water partition coefficient (Wildman–Crippen LogP) is 4.65. The van der Waals surface area contributed by atoms with Gasteiger partial charge in [0, 0.05) is 24.3 Å². The number of carbonyl (C=O) groups is 1. The van der Waals surface area contributed by atoms with Crippen LogP contribution < -0.4 is 10.1 Å². The maximum absolute atomic E-state index is 13.3. The summed E-state index contributed by atoms with van der Waals surface area (Å²) in [6, 6.07) is 0.621. The van der Waals surface area contributed by atoms with Gasteiger partial charge >= 0.3 is 6.18 Å². The molecule has 1 aliphatic rings. The van der Waals surface area contributed by atoms with Crippen LogP contribution in [0, 0.1) is 0 Å². The molecule has 4 heterocycles. The number of hydrogen-bond donors (Lipinski definition) is 1. The molecule has 0 radical (unpaired) electrons. The number of nitrogens with one attached hydrogen (secondary N) is 1. The summed E-state index contributed by atoms with van der Waals surface area (Å²) in [5.41, 5.74) is 0.786. The van der Waals surface area contributed by atoms with Crippen molar-refractivity contribution in [2.75, 3.05) is 0 Å². The minimum Gasteiger partial charge on any atom is -0.452 e. The number of pyridine rings is 1. The summed E-state index contributed by atoms with van der Waals surface area (Å²) in [4.78, 5) is 25.9. The maximum atomic E-state index is 13.3. The zero-order valence-electron chi connectivity index (χ0n) is 19.8. The Morgan fingerprint density at radius 1 is 1.18 bits per heavy atom. The van der Waals surface area contributed by atoms with E-state index >= 15 is 0 Å². The summed E-state index contributed by atoms with van der Waals surface area (Å²) in [5, 5.41) is 10.8. The van der Waals surface area contributed by atoms with Crippen LogP contribution in [0.2, 0.25) is 0 Å². The lowest BCUT2D eigenvalue weighted by molar-refractivity contribution is -0.191. The summed E-state index contributed by atoms with van der Waals surface area (Å²) in [7, 11) is 0. The van der Waals surface area contributed by atoms with E-state index < -0.39 is 24.6 Å². The Balaban J connectivity index is 1.45. The van der Waals surface area contributed by atoms with Crippen molar-refractivity contribution < 1.29 is 31.5 Å². The SMILES string of the molecule is CC(Oc1nc2cnc(-n3nccn3)cc2n1[C@@H]1CCC[C@H](NC(=O)c2ncc(C(F)F)s2)C1)C(F)(F)F. The third-order valence-electron chi connectivity index (χ3n) is 6.18. The highest BCUT2D eigenvalue weighted by atomic mass is 32.1. The molecule has 5 rings (SSSR count). The van der Waals surface area contributed by atoms with Crippen molar-refractivity contribution in [2.24, 2.45) is 0 Å². The summed E-state index contributed by atoms with van der Waals surface area (Å²) in [6.45, 7) is 0.895. The molecular weight excluding hydrogens is 535 g/mol. The number of aromatic nitrogens is 7. The molecule has 10 nitrogen and oxygen atoms in total. The summed E-state index contributed by atoms with van der Waals surface area (Å²) < 4.78 is 72.7. The first-order valence-electron chi connectivity index (χ1n) is 11.6. The first kappa shape index (κ1) is 25.9. The van der Waals surface area contributed by atoms with Crippen LogP contribution in [0.25, 0.3) is 16.9 Å². The second kappa shape index (κ2) is 10.2. The van der Waals surface area contributed by atoms with Crippen molar-refractivity contribution in [1.82, 2.24) is 39.8 Å². The van der Waals surface area contributed by atoms with Gasteiger partial charge in [0.25, 0.3) is 18.3 Å². The van der Waals surface area contributed by atoms with E-state index in [0.29, 0.717) is 53.9 Å². The van der Waals surface area contributed by atoms with Crippen molar-refractivity contribution in [3.05, 3.63) is 40.7 Å². The lowest BCUT2D eigenvalue weighted by Gasteiger charge is -2.32. The number of halogens is 5. The summed E-state index contributed by atoms with van der Waals surface area (Å²) in [6.07, 6.45) is -1.99. The van der Waals surface area contributed by atoms with Crippen LogP contribution >= 0.6 is 11.3 Å². The fourth-order valence-electron chi connectivity index (χ4n) is 4.34. The topological polar surface area (TPSA) is 113 Å². The van der Waals surface area contributed by atoms with Crippen molar-refractivity contribution in [3.8, 4) is 11.8 Å². The number of amides is 1. The molecule has 0 spiro atoms.